The maximum absolute atomic E-state index is 14.3. The molecule has 0 aliphatic carbocycles. The number of nitrogens with zero attached hydrogens (tertiary/aromatic N) is 4. The van der Waals surface area contributed by atoms with E-state index >= 15 is 0 Å². The van der Waals surface area contributed by atoms with Crippen LogP contribution in [0.3, 0.4) is 0 Å². The van der Waals surface area contributed by atoms with Crippen molar-refractivity contribution in [3.63, 3.8) is 0 Å². The minimum Gasteiger partial charge on any atom is -0.378 e. The Kier molecular flexibility index (Phi) is 8.54. The highest BCUT2D eigenvalue weighted by molar-refractivity contribution is 7.89. The zero-order valence-corrected chi connectivity index (χ0v) is 24.5. The number of nitrogens with one attached hydrogen (secondary N) is 1. The second kappa shape index (κ2) is 12.0. The first-order valence-corrected chi connectivity index (χ1v) is 15.1. The van der Waals surface area contributed by atoms with Crippen LogP contribution in [0.5, 0.6) is 0 Å². The molecule has 0 spiro atoms. The third-order valence-electron chi connectivity index (χ3n) is 7.62. The third kappa shape index (κ3) is 6.26. The number of piperazine rings is 1. The summed E-state index contributed by atoms with van der Waals surface area (Å²) in [5.41, 5.74) is 0.114. The number of ether oxygens (including phenoxy) is 1. The molecule has 43 heavy (non-hydrogen) atoms. The Morgan fingerprint density at radius 1 is 0.884 bits per heavy atom. The summed E-state index contributed by atoms with van der Waals surface area (Å²) in [5, 5.41) is 3.80. The van der Waals surface area contributed by atoms with Crippen LogP contribution < -0.4 is 10.2 Å². The minimum absolute atomic E-state index is 0.0354. The van der Waals surface area contributed by atoms with Crippen molar-refractivity contribution in [1.82, 2.24) is 14.1 Å². The molecular weight excluding hydrogens is 587 g/mol. The Hall–Kier alpha value is -3.88. The number of morpholine rings is 1. The summed E-state index contributed by atoms with van der Waals surface area (Å²) < 4.78 is 73.9. The number of anilines is 2. The Morgan fingerprint density at radius 3 is 2.19 bits per heavy atom. The van der Waals surface area contributed by atoms with E-state index in [1.807, 2.05) is 31.1 Å². The Labute approximate surface area is 247 Å². The van der Waals surface area contributed by atoms with Crippen molar-refractivity contribution in [2.75, 3.05) is 70.2 Å². The average Bonchev–Trinajstić information content (AvgIpc) is 2.99. The molecule has 2 aliphatic heterocycles. The molecule has 3 aromatic rings. The lowest BCUT2D eigenvalue weighted by atomic mass is 10.1. The van der Waals surface area contributed by atoms with Crippen LogP contribution in [0.25, 0.3) is 10.8 Å². The highest BCUT2D eigenvalue weighted by atomic mass is 32.2. The fraction of sp³-hybridized carbons (Fsp3) is 0.379. The van der Waals surface area contributed by atoms with E-state index in [4.69, 9.17) is 4.74 Å². The van der Waals surface area contributed by atoms with Gasteiger partial charge in [0.05, 0.1) is 23.7 Å². The van der Waals surface area contributed by atoms with Crippen LogP contribution in [0, 0.1) is 0 Å². The number of fused-ring (bicyclic) bond motifs is 1. The zero-order chi connectivity index (χ0) is 30.9. The molecule has 5 rings (SSSR count). The molecule has 0 saturated carbocycles. The molecule has 2 saturated heterocycles. The third-order valence-corrected chi connectivity index (χ3v) is 9.58. The van der Waals surface area contributed by atoms with Gasteiger partial charge in [0.2, 0.25) is 15.9 Å². The van der Waals surface area contributed by atoms with Crippen LogP contribution in [0.1, 0.15) is 5.56 Å². The summed E-state index contributed by atoms with van der Waals surface area (Å²) in [6.07, 6.45) is -4.52. The number of benzene rings is 3. The molecule has 10 nitrogen and oxygen atoms in total. The number of rotatable bonds is 5. The SMILES string of the molecule is CN(C)c1cccc2c(S(=O)(=O)N3CCN(C(=O)Nc4ccc(C(F)(F)F)cc4)CC3C(=O)N3CCOCC3)cccc12. The van der Waals surface area contributed by atoms with Crippen molar-refractivity contribution >= 4 is 44.1 Å². The number of halogens is 3. The first kappa shape index (κ1) is 30.6. The summed E-state index contributed by atoms with van der Waals surface area (Å²) in [7, 11) is -0.494. The van der Waals surface area contributed by atoms with Crippen molar-refractivity contribution in [3.05, 3.63) is 66.2 Å². The number of hydrogen-bond acceptors (Lipinski definition) is 6. The Bertz CT molecular complexity index is 1610. The van der Waals surface area contributed by atoms with Crippen LogP contribution in [-0.4, -0.2) is 101 Å². The van der Waals surface area contributed by atoms with Crippen molar-refractivity contribution in [2.24, 2.45) is 0 Å². The fourth-order valence-corrected chi connectivity index (χ4v) is 7.16. The van der Waals surface area contributed by atoms with Crippen LogP contribution >= 0.6 is 0 Å². The quantitative estimate of drug-likeness (QED) is 0.468. The van der Waals surface area contributed by atoms with E-state index in [-0.39, 0.29) is 43.3 Å². The van der Waals surface area contributed by atoms with Gasteiger partial charge in [-0.25, -0.2) is 13.2 Å². The second-order valence-electron chi connectivity index (χ2n) is 10.5. The van der Waals surface area contributed by atoms with E-state index in [2.05, 4.69) is 5.32 Å². The zero-order valence-electron chi connectivity index (χ0n) is 23.7. The van der Waals surface area contributed by atoms with Gasteiger partial charge in [0.25, 0.3) is 0 Å². The van der Waals surface area contributed by atoms with Gasteiger partial charge in [0, 0.05) is 69.0 Å². The molecule has 0 aromatic heterocycles. The van der Waals surface area contributed by atoms with Gasteiger partial charge in [0.15, 0.2) is 0 Å². The summed E-state index contributed by atoms with van der Waals surface area (Å²) in [6, 6.07) is 12.5. The Morgan fingerprint density at radius 2 is 1.53 bits per heavy atom. The molecule has 14 heteroatoms. The second-order valence-corrected chi connectivity index (χ2v) is 12.4. The molecule has 2 fully saturated rings. The van der Waals surface area contributed by atoms with Gasteiger partial charge < -0.3 is 24.8 Å². The molecule has 230 valence electrons. The molecule has 2 aliphatic rings. The lowest BCUT2D eigenvalue weighted by Gasteiger charge is -2.42. The monoisotopic (exact) mass is 619 g/mol. The number of carbonyl (C=O) groups excluding carboxylic acids is 2. The fourth-order valence-electron chi connectivity index (χ4n) is 5.38. The lowest BCUT2D eigenvalue weighted by Crippen LogP contribution is -2.63. The predicted octanol–water partition coefficient (Wildman–Crippen LogP) is 3.69. The molecule has 1 N–H and O–H groups in total. The van der Waals surface area contributed by atoms with Gasteiger partial charge in [-0.2, -0.15) is 17.5 Å². The standard InChI is InChI=1S/C29H32F3N5O5S/c1-34(2)24-7-3-6-23-22(24)5-4-8-26(23)43(40,41)37-14-13-36(19-25(37)27(38)35-15-17-42-18-16-35)28(39)33-21-11-9-20(10-12-21)29(30,31)32/h3-12,25H,13-19H2,1-2H3,(H,33,39). The average molecular weight is 620 g/mol. The van der Waals surface area contributed by atoms with Crippen LogP contribution in [0.15, 0.2) is 65.6 Å². The predicted molar refractivity (Wildman–Crippen MR) is 155 cm³/mol. The smallest absolute Gasteiger partial charge is 0.378 e. The molecule has 3 amide bonds. The highest BCUT2D eigenvalue weighted by Crippen LogP contribution is 2.34. The van der Waals surface area contributed by atoms with Crippen molar-refractivity contribution in [1.29, 1.82) is 0 Å². The minimum atomic E-state index is -4.52. The lowest BCUT2D eigenvalue weighted by molar-refractivity contribution is -0.140. The van der Waals surface area contributed by atoms with Crippen molar-refractivity contribution < 1.29 is 35.9 Å². The van der Waals surface area contributed by atoms with Crippen LogP contribution in [-0.2, 0) is 25.7 Å². The first-order valence-electron chi connectivity index (χ1n) is 13.7. The number of alkyl halides is 3. The molecule has 3 aromatic carbocycles. The van der Waals surface area contributed by atoms with Gasteiger partial charge in [-0.05, 0) is 36.4 Å². The largest absolute Gasteiger partial charge is 0.416 e. The molecule has 2 heterocycles. The highest BCUT2D eigenvalue weighted by Gasteiger charge is 2.43. The van der Waals surface area contributed by atoms with E-state index in [1.54, 1.807) is 18.2 Å². The van der Waals surface area contributed by atoms with E-state index in [1.165, 1.54) is 15.9 Å². The Balaban J connectivity index is 1.45. The van der Waals surface area contributed by atoms with Crippen LogP contribution in [0.4, 0.5) is 29.3 Å². The molecule has 1 unspecified atom stereocenters. The molecule has 0 radical (unpaired) electrons. The van der Waals surface area contributed by atoms with Gasteiger partial charge in [-0.15, -0.1) is 0 Å². The first-order chi connectivity index (χ1) is 20.4. The molecule has 0 bridgehead atoms. The summed E-state index contributed by atoms with van der Waals surface area (Å²) in [5.74, 6) is -0.451. The van der Waals surface area contributed by atoms with Gasteiger partial charge >= 0.3 is 12.2 Å². The number of urea groups is 1. The van der Waals surface area contributed by atoms with E-state index in [9.17, 15) is 31.2 Å². The van der Waals surface area contributed by atoms with Crippen molar-refractivity contribution in [2.45, 2.75) is 17.1 Å². The van der Waals surface area contributed by atoms with Crippen LogP contribution in [0.2, 0.25) is 0 Å². The van der Waals surface area contributed by atoms with Gasteiger partial charge in [-0.1, -0.05) is 24.3 Å². The number of sulfonamides is 1. The van der Waals surface area contributed by atoms with Gasteiger partial charge in [0.1, 0.15) is 6.04 Å². The van der Waals surface area contributed by atoms with Crippen molar-refractivity contribution in [3.8, 4) is 0 Å². The summed E-state index contributed by atoms with van der Waals surface area (Å²) in [6.45, 7) is 0.734. The van der Waals surface area contributed by atoms with E-state index in [0.717, 1.165) is 39.6 Å². The normalized spacial score (nSPS) is 18.5. The topological polar surface area (TPSA) is 102 Å². The van der Waals surface area contributed by atoms with Gasteiger partial charge in [-0.3, -0.25) is 4.79 Å². The summed E-state index contributed by atoms with van der Waals surface area (Å²) in [4.78, 5) is 31.7. The maximum atomic E-state index is 14.3. The van der Waals surface area contributed by atoms with E-state index in [0.29, 0.717) is 18.6 Å². The summed E-state index contributed by atoms with van der Waals surface area (Å²) >= 11 is 0. The number of hydrogen-bond donors (Lipinski definition) is 1. The molecule has 1 atom stereocenters. The van der Waals surface area contributed by atoms with E-state index < -0.39 is 39.7 Å². The number of carbonyl (C=O) groups is 2. The molecular formula is C29H32F3N5O5S. The number of amides is 3. The maximum Gasteiger partial charge on any atom is 0.416 e.